The molecule has 0 aliphatic carbocycles. The molecule has 186 valence electrons. The van der Waals surface area contributed by atoms with E-state index in [1.807, 2.05) is 11.0 Å². The average Bonchev–Trinajstić information content (AvgIpc) is 3.41. The van der Waals surface area contributed by atoms with E-state index in [0.29, 0.717) is 34.5 Å². The summed E-state index contributed by atoms with van der Waals surface area (Å²) in [4.78, 5) is 16.6. The van der Waals surface area contributed by atoms with Crippen LogP contribution in [-0.4, -0.2) is 47.0 Å². The van der Waals surface area contributed by atoms with Gasteiger partial charge in [0, 0.05) is 37.7 Å². The number of rotatable bonds is 5. The lowest BCUT2D eigenvalue weighted by molar-refractivity contribution is -0.140. The van der Waals surface area contributed by atoms with Gasteiger partial charge in [0.05, 0.1) is 15.6 Å². The minimum Gasteiger partial charge on any atom is -0.361 e. The first kappa shape index (κ1) is 25.5. The van der Waals surface area contributed by atoms with Crippen molar-refractivity contribution in [2.75, 3.05) is 20.1 Å². The summed E-state index contributed by atoms with van der Waals surface area (Å²) < 4.78 is 57.9. The van der Waals surface area contributed by atoms with E-state index >= 15 is 0 Å². The van der Waals surface area contributed by atoms with Gasteiger partial charge in [0.15, 0.2) is 5.69 Å². The van der Waals surface area contributed by atoms with Gasteiger partial charge in [-0.25, -0.2) is 4.39 Å². The summed E-state index contributed by atoms with van der Waals surface area (Å²) >= 11 is 12.3. The number of amides is 1. The number of aryl methyl sites for hydroxylation is 1. The third kappa shape index (κ3) is 5.47. The molecule has 0 saturated carbocycles. The first-order valence-corrected chi connectivity index (χ1v) is 11.4. The molecular weight excluding hydrogens is 509 g/mol. The molecule has 35 heavy (non-hydrogen) atoms. The van der Waals surface area contributed by atoms with Crippen molar-refractivity contribution in [3.63, 3.8) is 0 Å². The predicted octanol–water partition coefficient (Wildman–Crippen LogP) is 6.19. The number of alkyl halides is 3. The van der Waals surface area contributed by atoms with E-state index in [0.717, 1.165) is 17.7 Å². The summed E-state index contributed by atoms with van der Waals surface area (Å²) in [6, 6.07) is 9.44. The summed E-state index contributed by atoms with van der Waals surface area (Å²) in [6.07, 6.45) is -4.76. The molecular formula is C24H21Cl2F4N3O2. The van der Waals surface area contributed by atoms with Gasteiger partial charge in [0.25, 0.3) is 5.91 Å². The van der Waals surface area contributed by atoms with Gasteiger partial charge in [-0.2, -0.15) is 13.2 Å². The number of carbonyl (C=O) groups is 1. The summed E-state index contributed by atoms with van der Waals surface area (Å²) in [7, 11) is 1.78. The Morgan fingerprint density at radius 2 is 1.89 bits per heavy atom. The summed E-state index contributed by atoms with van der Waals surface area (Å²) in [5.41, 5.74) is 0.103. The molecule has 3 aromatic rings. The molecule has 0 spiro atoms. The Kier molecular flexibility index (Phi) is 7.13. The van der Waals surface area contributed by atoms with Crippen LogP contribution in [0.3, 0.4) is 0 Å². The zero-order valence-corrected chi connectivity index (χ0v) is 20.3. The molecule has 2 heterocycles. The Bertz CT molecular complexity index is 1250. The van der Waals surface area contributed by atoms with Crippen LogP contribution < -0.4 is 0 Å². The van der Waals surface area contributed by atoms with E-state index in [1.54, 1.807) is 37.1 Å². The largest absolute Gasteiger partial charge is 0.419 e. The van der Waals surface area contributed by atoms with E-state index < -0.39 is 17.6 Å². The Hall–Kier alpha value is -2.62. The average molecular weight is 530 g/mol. The van der Waals surface area contributed by atoms with Crippen molar-refractivity contribution in [3.8, 4) is 0 Å². The molecule has 1 amide bonds. The predicted molar refractivity (Wildman–Crippen MR) is 123 cm³/mol. The van der Waals surface area contributed by atoms with Crippen LogP contribution in [0.5, 0.6) is 0 Å². The van der Waals surface area contributed by atoms with Crippen LogP contribution in [0.1, 0.15) is 38.9 Å². The van der Waals surface area contributed by atoms with Crippen molar-refractivity contribution >= 4 is 29.1 Å². The minimum absolute atomic E-state index is 0.169. The number of halogens is 6. The number of carbonyl (C=O) groups excluding carboxylic acids is 1. The fourth-order valence-electron chi connectivity index (χ4n) is 4.39. The maximum atomic E-state index is 14.1. The number of likely N-dealkylation sites (N-methyl/N-ethyl adjacent to an activating group) is 1. The number of likely N-dealkylation sites (tertiary alicyclic amines) is 1. The van der Waals surface area contributed by atoms with E-state index in [9.17, 15) is 22.4 Å². The van der Waals surface area contributed by atoms with Crippen molar-refractivity contribution in [1.29, 1.82) is 0 Å². The van der Waals surface area contributed by atoms with Crippen molar-refractivity contribution in [1.82, 2.24) is 15.0 Å². The van der Waals surface area contributed by atoms with E-state index in [-0.39, 0.29) is 30.1 Å². The topological polar surface area (TPSA) is 49.6 Å². The molecule has 1 aliphatic heterocycles. The first-order valence-electron chi connectivity index (χ1n) is 10.7. The fraction of sp³-hybridized carbons (Fsp3) is 0.333. The monoisotopic (exact) mass is 529 g/mol. The molecule has 1 aromatic heterocycles. The van der Waals surface area contributed by atoms with Gasteiger partial charge in [-0.05, 0) is 49.4 Å². The quantitative estimate of drug-likeness (QED) is 0.370. The molecule has 1 saturated heterocycles. The second kappa shape index (κ2) is 9.79. The number of aromatic nitrogens is 1. The Morgan fingerprint density at radius 1 is 1.14 bits per heavy atom. The van der Waals surface area contributed by atoms with Crippen LogP contribution in [0.25, 0.3) is 0 Å². The van der Waals surface area contributed by atoms with Crippen LogP contribution in [-0.2, 0) is 12.7 Å². The number of hydrogen-bond acceptors (Lipinski definition) is 4. The molecule has 2 atom stereocenters. The highest BCUT2D eigenvalue weighted by Crippen LogP contribution is 2.36. The molecule has 0 bridgehead atoms. The maximum absolute atomic E-state index is 14.1. The normalized spacial score (nSPS) is 18.5. The highest BCUT2D eigenvalue weighted by Gasteiger charge is 2.40. The van der Waals surface area contributed by atoms with Gasteiger partial charge < -0.3 is 9.42 Å². The first-order chi connectivity index (χ1) is 16.4. The van der Waals surface area contributed by atoms with Crippen molar-refractivity contribution in [2.24, 2.45) is 0 Å². The summed E-state index contributed by atoms with van der Waals surface area (Å²) in [6.45, 7) is 2.52. The molecule has 1 aliphatic rings. The summed E-state index contributed by atoms with van der Waals surface area (Å²) in [5, 5.41) is 4.57. The van der Waals surface area contributed by atoms with Crippen LogP contribution >= 0.6 is 23.2 Å². The lowest BCUT2D eigenvalue weighted by atomic mass is 9.93. The Balaban J connectivity index is 1.60. The second-order valence-corrected chi connectivity index (χ2v) is 9.42. The molecule has 1 fully saturated rings. The highest BCUT2D eigenvalue weighted by atomic mass is 35.5. The number of nitrogens with zero attached hydrogens (tertiary/aromatic N) is 3. The van der Waals surface area contributed by atoms with Gasteiger partial charge in [-0.15, -0.1) is 0 Å². The van der Waals surface area contributed by atoms with Gasteiger partial charge >= 0.3 is 6.18 Å². The lowest BCUT2D eigenvalue weighted by Crippen LogP contribution is -2.38. The molecule has 11 heteroatoms. The van der Waals surface area contributed by atoms with Crippen LogP contribution in [0.4, 0.5) is 17.6 Å². The second-order valence-electron chi connectivity index (χ2n) is 8.61. The SMILES string of the molecule is Cc1cc(C(=O)N2CC(N(C)Cc3ccc(C(F)(F)F)c(F)c3)[C@@H](c3ccc(Cl)c(Cl)c3)C2)no1. The standard InChI is InChI=1S/C24H21Cl2F4N3O2/c1-13-7-21(31-35-13)23(34)33-11-16(15-4-6-18(25)19(26)9-15)22(12-33)32(2)10-14-3-5-17(20(27)8-14)24(28,29)30/h3-9,16,22H,10-12H2,1-2H3/t16-,22?/m1/s1. The maximum Gasteiger partial charge on any atom is 0.419 e. The minimum atomic E-state index is -4.76. The smallest absolute Gasteiger partial charge is 0.361 e. The van der Waals surface area contributed by atoms with Crippen molar-refractivity contribution < 1.29 is 26.9 Å². The molecule has 4 rings (SSSR count). The third-order valence-electron chi connectivity index (χ3n) is 6.13. The summed E-state index contributed by atoms with van der Waals surface area (Å²) in [5.74, 6) is -1.31. The van der Waals surface area contributed by atoms with E-state index in [4.69, 9.17) is 27.7 Å². The Morgan fingerprint density at radius 3 is 2.49 bits per heavy atom. The third-order valence-corrected chi connectivity index (χ3v) is 6.87. The van der Waals surface area contributed by atoms with Crippen molar-refractivity contribution in [2.45, 2.75) is 31.6 Å². The molecule has 1 unspecified atom stereocenters. The van der Waals surface area contributed by atoms with Gasteiger partial charge in [-0.3, -0.25) is 9.69 Å². The van der Waals surface area contributed by atoms with E-state index in [2.05, 4.69) is 5.16 Å². The van der Waals surface area contributed by atoms with Crippen molar-refractivity contribution in [3.05, 3.63) is 86.5 Å². The van der Waals surface area contributed by atoms with Gasteiger partial charge in [0.1, 0.15) is 11.6 Å². The van der Waals surface area contributed by atoms with Crippen LogP contribution in [0, 0.1) is 12.7 Å². The Labute approximate surface area is 209 Å². The lowest BCUT2D eigenvalue weighted by Gasteiger charge is -2.29. The molecule has 0 N–H and O–H groups in total. The van der Waals surface area contributed by atoms with Gasteiger partial charge in [-0.1, -0.05) is 40.5 Å². The highest BCUT2D eigenvalue weighted by molar-refractivity contribution is 6.42. The molecule has 2 aromatic carbocycles. The van der Waals surface area contributed by atoms with Crippen LogP contribution in [0.15, 0.2) is 47.0 Å². The zero-order valence-electron chi connectivity index (χ0n) is 18.7. The van der Waals surface area contributed by atoms with Gasteiger partial charge in [0.2, 0.25) is 0 Å². The van der Waals surface area contributed by atoms with E-state index in [1.165, 1.54) is 6.07 Å². The molecule has 0 radical (unpaired) electrons. The number of hydrogen-bond donors (Lipinski definition) is 0. The fourth-order valence-corrected chi connectivity index (χ4v) is 4.70. The number of benzene rings is 2. The molecule has 5 nitrogen and oxygen atoms in total. The van der Waals surface area contributed by atoms with Crippen LogP contribution in [0.2, 0.25) is 10.0 Å². The zero-order chi connectivity index (χ0) is 25.5.